The van der Waals surface area contributed by atoms with Crippen LogP contribution in [0.4, 0.5) is 0 Å². The fraction of sp³-hybridized carbons (Fsp3) is 0.562. The molecule has 5 heteroatoms. The van der Waals surface area contributed by atoms with Crippen LogP contribution in [0, 0.1) is 0 Å². The van der Waals surface area contributed by atoms with E-state index in [0.717, 1.165) is 37.5 Å². The van der Waals surface area contributed by atoms with Crippen LogP contribution in [-0.4, -0.2) is 36.7 Å². The molecule has 2 rings (SSSR count). The number of hydrogen-bond donors (Lipinski definition) is 2. The molecule has 1 aliphatic heterocycles. The standard InChI is InChI=1S/C16H24N2O2S/c1-2-9-18-16(15(17)19,13-6-4-3-5-7-13)8-10-21-14-11-20-12-14/h3-7,14,18H,2,8-12H2,1H3,(H2,17,19). The third-order valence-electron chi connectivity index (χ3n) is 3.80. The quantitative estimate of drug-likeness (QED) is 0.731. The number of rotatable bonds is 9. The normalized spacial score (nSPS) is 18.0. The summed E-state index contributed by atoms with van der Waals surface area (Å²) in [4.78, 5) is 12.2. The SMILES string of the molecule is CCCNC(CCSC1COC1)(C(N)=O)c1ccccc1. The van der Waals surface area contributed by atoms with Crippen molar-refractivity contribution in [1.82, 2.24) is 5.32 Å². The molecule has 1 saturated heterocycles. The molecular weight excluding hydrogens is 284 g/mol. The number of hydrogen-bond acceptors (Lipinski definition) is 4. The predicted octanol–water partition coefficient (Wildman–Crippen LogP) is 1.89. The molecule has 116 valence electrons. The van der Waals surface area contributed by atoms with Gasteiger partial charge in [-0.1, -0.05) is 37.3 Å². The minimum atomic E-state index is -0.769. The highest BCUT2D eigenvalue weighted by Crippen LogP contribution is 2.29. The van der Waals surface area contributed by atoms with Crippen LogP contribution in [0.5, 0.6) is 0 Å². The average molecular weight is 308 g/mol. The molecule has 4 nitrogen and oxygen atoms in total. The highest BCUT2D eigenvalue weighted by Gasteiger charge is 2.37. The third kappa shape index (κ3) is 3.99. The maximum absolute atomic E-state index is 12.2. The number of carbonyl (C=O) groups is 1. The molecule has 21 heavy (non-hydrogen) atoms. The van der Waals surface area contributed by atoms with Gasteiger partial charge in [-0.15, -0.1) is 0 Å². The van der Waals surface area contributed by atoms with Crippen LogP contribution in [0.15, 0.2) is 30.3 Å². The van der Waals surface area contributed by atoms with Gasteiger partial charge in [-0.05, 0) is 30.7 Å². The van der Waals surface area contributed by atoms with Gasteiger partial charge < -0.3 is 10.5 Å². The zero-order chi connectivity index (χ0) is 15.1. The van der Waals surface area contributed by atoms with Crippen LogP contribution in [0.3, 0.4) is 0 Å². The number of amides is 1. The monoisotopic (exact) mass is 308 g/mol. The predicted molar refractivity (Wildman–Crippen MR) is 87.3 cm³/mol. The molecule has 0 aromatic heterocycles. The summed E-state index contributed by atoms with van der Waals surface area (Å²) in [5.74, 6) is 0.593. The molecule has 1 aromatic rings. The van der Waals surface area contributed by atoms with Crippen LogP contribution in [0.1, 0.15) is 25.3 Å². The van der Waals surface area contributed by atoms with E-state index in [-0.39, 0.29) is 5.91 Å². The second kappa shape index (κ2) is 7.82. The summed E-state index contributed by atoms with van der Waals surface area (Å²) in [6.45, 7) is 4.50. The molecule has 1 atom stereocenters. The Morgan fingerprint density at radius 2 is 2.14 bits per heavy atom. The number of nitrogens with one attached hydrogen (secondary N) is 1. The summed E-state index contributed by atoms with van der Waals surface area (Å²) >= 11 is 1.86. The zero-order valence-electron chi connectivity index (χ0n) is 12.5. The van der Waals surface area contributed by atoms with E-state index in [1.54, 1.807) is 0 Å². The lowest BCUT2D eigenvalue weighted by Gasteiger charge is -2.33. The first-order chi connectivity index (χ1) is 10.2. The Hall–Kier alpha value is -1.04. The van der Waals surface area contributed by atoms with Gasteiger partial charge in [-0.3, -0.25) is 10.1 Å². The van der Waals surface area contributed by atoms with Gasteiger partial charge in [0.15, 0.2) is 0 Å². The van der Waals surface area contributed by atoms with Gasteiger partial charge in [0.05, 0.1) is 18.5 Å². The van der Waals surface area contributed by atoms with Gasteiger partial charge in [0.25, 0.3) is 0 Å². The smallest absolute Gasteiger partial charge is 0.242 e. The molecule has 1 amide bonds. The topological polar surface area (TPSA) is 64.3 Å². The number of ether oxygens (including phenoxy) is 1. The van der Waals surface area contributed by atoms with E-state index >= 15 is 0 Å². The minimum Gasteiger partial charge on any atom is -0.379 e. The van der Waals surface area contributed by atoms with Gasteiger partial charge in [0, 0.05) is 0 Å². The van der Waals surface area contributed by atoms with Crippen molar-refractivity contribution in [3.8, 4) is 0 Å². The number of primary amides is 1. The fourth-order valence-electron chi connectivity index (χ4n) is 2.44. The van der Waals surface area contributed by atoms with Gasteiger partial charge >= 0.3 is 0 Å². The highest BCUT2D eigenvalue weighted by atomic mass is 32.2. The molecule has 1 aromatic carbocycles. The van der Waals surface area contributed by atoms with E-state index in [9.17, 15) is 4.79 Å². The van der Waals surface area contributed by atoms with Crippen LogP contribution >= 0.6 is 11.8 Å². The molecule has 0 saturated carbocycles. The lowest BCUT2D eigenvalue weighted by atomic mass is 9.86. The van der Waals surface area contributed by atoms with E-state index in [1.807, 2.05) is 42.1 Å². The molecule has 1 unspecified atom stereocenters. The Morgan fingerprint density at radius 3 is 2.67 bits per heavy atom. The van der Waals surface area contributed by atoms with Crippen molar-refractivity contribution in [3.05, 3.63) is 35.9 Å². The van der Waals surface area contributed by atoms with Crippen molar-refractivity contribution in [3.63, 3.8) is 0 Å². The van der Waals surface area contributed by atoms with E-state index in [0.29, 0.717) is 11.7 Å². The van der Waals surface area contributed by atoms with Gasteiger partial charge in [0.1, 0.15) is 5.54 Å². The van der Waals surface area contributed by atoms with Gasteiger partial charge in [-0.2, -0.15) is 11.8 Å². The Bertz CT molecular complexity index is 451. The summed E-state index contributed by atoms with van der Waals surface area (Å²) in [6, 6.07) is 9.81. The fourth-order valence-corrected chi connectivity index (χ4v) is 3.58. The number of benzene rings is 1. The molecule has 0 bridgehead atoms. The van der Waals surface area contributed by atoms with E-state index in [1.165, 1.54) is 0 Å². The Morgan fingerprint density at radius 1 is 1.43 bits per heavy atom. The second-order valence-corrected chi connectivity index (χ2v) is 6.75. The van der Waals surface area contributed by atoms with E-state index in [2.05, 4.69) is 12.2 Å². The van der Waals surface area contributed by atoms with Crippen LogP contribution < -0.4 is 11.1 Å². The van der Waals surface area contributed by atoms with Crippen molar-refractivity contribution in [2.75, 3.05) is 25.5 Å². The van der Waals surface area contributed by atoms with Crippen molar-refractivity contribution < 1.29 is 9.53 Å². The second-order valence-electron chi connectivity index (χ2n) is 5.34. The zero-order valence-corrected chi connectivity index (χ0v) is 13.3. The van der Waals surface area contributed by atoms with Crippen molar-refractivity contribution in [1.29, 1.82) is 0 Å². The van der Waals surface area contributed by atoms with Crippen LogP contribution in [0.25, 0.3) is 0 Å². The average Bonchev–Trinajstić information content (AvgIpc) is 2.45. The first-order valence-electron chi connectivity index (χ1n) is 7.49. The highest BCUT2D eigenvalue weighted by molar-refractivity contribution is 8.00. The van der Waals surface area contributed by atoms with Crippen molar-refractivity contribution >= 4 is 17.7 Å². The molecule has 0 radical (unpaired) electrons. The molecule has 1 aliphatic rings. The molecule has 0 spiro atoms. The summed E-state index contributed by atoms with van der Waals surface area (Å²) in [5, 5.41) is 3.96. The largest absolute Gasteiger partial charge is 0.379 e. The molecular formula is C16H24N2O2S. The first kappa shape index (κ1) is 16.3. The third-order valence-corrected chi connectivity index (χ3v) is 4.99. The number of nitrogens with two attached hydrogens (primary N) is 1. The van der Waals surface area contributed by atoms with Crippen molar-refractivity contribution in [2.45, 2.75) is 30.6 Å². The summed E-state index contributed by atoms with van der Waals surface area (Å²) < 4.78 is 5.19. The Labute approximate surface area is 130 Å². The van der Waals surface area contributed by atoms with E-state index in [4.69, 9.17) is 10.5 Å². The summed E-state index contributed by atoms with van der Waals surface area (Å²) in [5.41, 5.74) is 5.96. The molecule has 1 fully saturated rings. The maximum atomic E-state index is 12.2. The van der Waals surface area contributed by atoms with Crippen molar-refractivity contribution in [2.24, 2.45) is 5.73 Å². The maximum Gasteiger partial charge on any atom is 0.242 e. The summed E-state index contributed by atoms with van der Waals surface area (Å²) in [6.07, 6.45) is 1.67. The number of thioether (sulfide) groups is 1. The van der Waals surface area contributed by atoms with Gasteiger partial charge in [0.2, 0.25) is 5.91 Å². The minimum absolute atomic E-state index is 0.299. The lowest BCUT2D eigenvalue weighted by Crippen LogP contribution is -2.53. The molecule has 1 heterocycles. The Kier molecular flexibility index (Phi) is 6.08. The summed E-state index contributed by atoms with van der Waals surface area (Å²) in [7, 11) is 0. The van der Waals surface area contributed by atoms with Gasteiger partial charge in [-0.25, -0.2) is 0 Å². The lowest BCUT2D eigenvalue weighted by molar-refractivity contribution is -0.125. The first-order valence-corrected chi connectivity index (χ1v) is 8.53. The number of carbonyl (C=O) groups excluding carboxylic acids is 1. The van der Waals surface area contributed by atoms with Crippen LogP contribution in [0.2, 0.25) is 0 Å². The van der Waals surface area contributed by atoms with Crippen LogP contribution in [-0.2, 0) is 15.1 Å². The molecule has 3 N–H and O–H groups in total. The van der Waals surface area contributed by atoms with E-state index < -0.39 is 5.54 Å². The Balaban J connectivity index is 2.11. The molecule has 0 aliphatic carbocycles.